The Kier molecular flexibility index (Phi) is 2.08. The minimum atomic E-state index is -0.289. The molecule has 0 bridgehead atoms. The van der Waals surface area contributed by atoms with E-state index in [-0.39, 0.29) is 5.82 Å². The first-order valence-electron chi connectivity index (χ1n) is 4.22. The van der Waals surface area contributed by atoms with Crippen LogP contribution in [0.3, 0.4) is 0 Å². The van der Waals surface area contributed by atoms with Gasteiger partial charge in [-0.05, 0) is 12.1 Å². The molecule has 1 aromatic heterocycles. The van der Waals surface area contributed by atoms with E-state index < -0.39 is 0 Å². The molecule has 1 radical (unpaired) electrons. The topological polar surface area (TPSA) is 26.0 Å². The van der Waals surface area contributed by atoms with Crippen LogP contribution in [0, 0.1) is 19.7 Å². The fraction of sp³-hybridized carbons (Fsp3) is 0.0909. The van der Waals surface area contributed by atoms with E-state index in [2.05, 4.69) is 11.9 Å². The molecule has 0 unspecified atom stereocenters. The maximum atomic E-state index is 12.9. The molecular weight excluding hydrogens is 181 g/mol. The summed E-state index contributed by atoms with van der Waals surface area (Å²) >= 11 is 0. The molecule has 14 heavy (non-hydrogen) atoms. The van der Waals surface area contributed by atoms with E-state index in [4.69, 9.17) is 4.42 Å². The monoisotopic (exact) mass is 190 g/mol. The Morgan fingerprint density at radius 2 is 2.21 bits per heavy atom. The van der Waals surface area contributed by atoms with Crippen LogP contribution in [0.2, 0.25) is 0 Å². The summed E-state index contributed by atoms with van der Waals surface area (Å²) in [4.78, 5) is 4.13. The highest BCUT2D eigenvalue weighted by Crippen LogP contribution is 2.23. The number of oxazole rings is 1. The van der Waals surface area contributed by atoms with Crippen LogP contribution in [-0.4, -0.2) is 4.98 Å². The predicted molar refractivity (Wildman–Crippen MR) is 51.1 cm³/mol. The highest BCUT2D eigenvalue weighted by Gasteiger charge is 2.09. The lowest BCUT2D eigenvalue weighted by Gasteiger charge is -1.96. The summed E-state index contributed by atoms with van der Waals surface area (Å²) in [5.41, 5.74) is 1.29. The lowest BCUT2D eigenvalue weighted by Crippen LogP contribution is -1.82. The van der Waals surface area contributed by atoms with Crippen LogP contribution in [0.5, 0.6) is 0 Å². The maximum absolute atomic E-state index is 12.9. The number of rotatable bonds is 1. The van der Waals surface area contributed by atoms with Gasteiger partial charge in [0.2, 0.25) is 0 Å². The molecule has 0 amide bonds. The second-order valence-electron chi connectivity index (χ2n) is 3.02. The van der Waals surface area contributed by atoms with Crippen molar-refractivity contribution in [2.45, 2.75) is 6.92 Å². The Bertz CT molecular complexity index is 462. The molecule has 3 heteroatoms. The third-order valence-corrected chi connectivity index (χ3v) is 1.90. The van der Waals surface area contributed by atoms with E-state index in [0.717, 1.165) is 0 Å². The van der Waals surface area contributed by atoms with Crippen molar-refractivity contribution >= 4 is 0 Å². The van der Waals surface area contributed by atoms with Crippen molar-refractivity contribution in [3.8, 4) is 11.3 Å². The van der Waals surface area contributed by atoms with Crippen molar-refractivity contribution in [1.82, 2.24) is 4.98 Å². The van der Waals surface area contributed by atoms with Crippen molar-refractivity contribution in [3.63, 3.8) is 0 Å². The number of hydrogen-bond acceptors (Lipinski definition) is 2. The molecule has 0 aliphatic carbocycles. The third kappa shape index (κ3) is 1.53. The van der Waals surface area contributed by atoms with Crippen LogP contribution in [0.4, 0.5) is 4.39 Å². The van der Waals surface area contributed by atoms with Gasteiger partial charge in [-0.2, -0.15) is 0 Å². The standard InChI is InChI=1S/C11H9FNO/c1-7-11(13-8(2)14-7)9-4-3-5-10(12)6-9/h3-6H,1H2,2H3. The van der Waals surface area contributed by atoms with Gasteiger partial charge in [-0.25, -0.2) is 9.37 Å². The minimum absolute atomic E-state index is 0.289. The molecule has 1 heterocycles. The number of hydrogen-bond donors (Lipinski definition) is 0. The number of halogens is 1. The van der Waals surface area contributed by atoms with E-state index in [0.29, 0.717) is 22.9 Å². The molecule has 0 atom stereocenters. The molecule has 2 nitrogen and oxygen atoms in total. The van der Waals surface area contributed by atoms with Crippen molar-refractivity contribution in [2.75, 3.05) is 0 Å². The van der Waals surface area contributed by atoms with Gasteiger partial charge >= 0.3 is 0 Å². The Morgan fingerprint density at radius 1 is 1.43 bits per heavy atom. The predicted octanol–water partition coefficient (Wildman–Crippen LogP) is 2.97. The molecule has 2 rings (SSSR count). The Morgan fingerprint density at radius 3 is 2.79 bits per heavy atom. The normalized spacial score (nSPS) is 10.5. The van der Waals surface area contributed by atoms with Crippen LogP contribution in [0.25, 0.3) is 11.3 Å². The van der Waals surface area contributed by atoms with Crippen molar-refractivity contribution in [1.29, 1.82) is 0 Å². The van der Waals surface area contributed by atoms with Crippen LogP contribution >= 0.6 is 0 Å². The molecule has 1 aromatic carbocycles. The first kappa shape index (κ1) is 8.94. The smallest absolute Gasteiger partial charge is 0.191 e. The number of nitrogens with zero attached hydrogens (tertiary/aromatic N) is 1. The Balaban J connectivity index is 2.54. The summed E-state index contributed by atoms with van der Waals surface area (Å²) < 4.78 is 18.1. The molecule has 0 aliphatic heterocycles. The van der Waals surface area contributed by atoms with Crippen molar-refractivity contribution in [3.05, 3.63) is 48.7 Å². The zero-order chi connectivity index (χ0) is 10.1. The highest BCUT2D eigenvalue weighted by molar-refractivity contribution is 5.61. The van der Waals surface area contributed by atoms with Gasteiger partial charge in [0.25, 0.3) is 0 Å². The van der Waals surface area contributed by atoms with E-state index in [1.807, 2.05) is 0 Å². The zero-order valence-corrected chi connectivity index (χ0v) is 7.75. The Labute approximate surface area is 81.4 Å². The van der Waals surface area contributed by atoms with Gasteiger partial charge in [0.1, 0.15) is 17.3 Å². The number of aromatic nitrogens is 1. The van der Waals surface area contributed by atoms with Crippen LogP contribution in [0.15, 0.2) is 28.7 Å². The number of benzene rings is 1. The van der Waals surface area contributed by atoms with Crippen molar-refractivity contribution in [2.24, 2.45) is 0 Å². The fourth-order valence-corrected chi connectivity index (χ4v) is 1.33. The van der Waals surface area contributed by atoms with Crippen LogP contribution in [0.1, 0.15) is 11.7 Å². The van der Waals surface area contributed by atoms with Gasteiger partial charge in [0.15, 0.2) is 5.89 Å². The summed E-state index contributed by atoms with van der Waals surface area (Å²) in [6, 6.07) is 6.20. The first-order valence-corrected chi connectivity index (χ1v) is 4.22. The van der Waals surface area contributed by atoms with Gasteiger partial charge in [0, 0.05) is 19.4 Å². The minimum Gasteiger partial charge on any atom is -0.445 e. The van der Waals surface area contributed by atoms with Gasteiger partial charge in [0.05, 0.1) is 0 Å². The highest BCUT2D eigenvalue weighted by atomic mass is 19.1. The van der Waals surface area contributed by atoms with E-state index >= 15 is 0 Å². The fourth-order valence-electron chi connectivity index (χ4n) is 1.33. The zero-order valence-electron chi connectivity index (χ0n) is 7.75. The van der Waals surface area contributed by atoms with Gasteiger partial charge in [-0.15, -0.1) is 0 Å². The average molecular weight is 190 g/mol. The lowest BCUT2D eigenvalue weighted by molar-refractivity contribution is 0.506. The summed E-state index contributed by atoms with van der Waals surface area (Å²) in [5.74, 6) is 0.713. The van der Waals surface area contributed by atoms with E-state index in [9.17, 15) is 4.39 Å². The molecule has 0 fully saturated rings. The summed E-state index contributed by atoms with van der Waals surface area (Å²) in [5, 5.41) is 0. The van der Waals surface area contributed by atoms with E-state index in [1.54, 1.807) is 19.1 Å². The Hall–Kier alpha value is -1.64. The first-order chi connectivity index (χ1) is 6.66. The van der Waals surface area contributed by atoms with Crippen molar-refractivity contribution < 1.29 is 8.81 Å². The van der Waals surface area contributed by atoms with Crippen LogP contribution < -0.4 is 0 Å². The molecule has 2 aromatic rings. The summed E-state index contributed by atoms with van der Waals surface area (Å²) in [7, 11) is 0. The largest absolute Gasteiger partial charge is 0.445 e. The van der Waals surface area contributed by atoms with Gasteiger partial charge in [-0.3, -0.25) is 0 Å². The van der Waals surface area contributed by atoms with Crippen LogP contribution in [-0.2, 0) is 0 Å². The summed E-state index contributed by atoms with van der Waals surface area (Å²) in [6.45, 7) is 5.43. The SMILES string of the molecule is [CH2]c1oc(C)nc1-c1cccc(F)c1. The average Bonchev–Trinajstić information content (AvgIpc) is 2.45. The molecule has 0 saturated heterocycles. The maximum Gasteiger partial charge on any atom is 0.191 e. The van der Waals surface area contributed by atoms with Gasteiger partial charge < -0.3 is 4.42 Å². The number of aryl methyl sites for hydroxylation is 1. The quantitative estimate of drug-likeness (QED) is 0.690. The second-order valence-corrected chi connectivity index (χ2v) is 3.02. The molecule has 71 valence electrons. The molecule has 0 spiro atoms. The molecule has 0 N–H and O–H groups in total. The second kappa shape index (κ2) is 3.25. The van der Waals surface area contributed by atoms with E-state index in [1.165, 1.54) is 12.1 Å². The third-order valence-electron chi connectivity index (χ3n) is 1.90. The molecular formula is C11H9FNO. The summed E-state index contributed by atoms with van der Waals surface area (Å²) in [6.07, 6.45) is 0. The molecule has 0 aliphatic rings. The molecule has 0 saturated carbocycles. The lowest BCUT2D eigenvalue weighted by atomic mass is 10.1. The van der Waals surface area contributed by atoms with Gasteiger partial charge in [-0.1, -0.05) is 12.1 Å².